The summed E-state index contributed by atoms with van der Waals surface area (Å²) < 4.78 is 5.63. The van der Waals surface area contributed by atoms with Crippen molar-refractivity contribution in [3.8, 4) is 0 Å². The number of rotatable bonds is 8. The third-order valence-electron chi connectivity index (χ3n) is 4.16. The number of benzene rings is 2. The summed E-state index contributed by atoms with van der Waals surface area (Å²) in [6.07, 6.45) is 0. The van der Waals surface area contributed by atoms with Crippen LogP contribution in [-0.2, 0) is 9.53 Å². The Hall–Kier alpha value is -3.77. The summed E-state index contributed by atoms with van der Waals surface area (Å²) in [6, 6.07) is 10.2. The van der Waals surface area contributed by atoms with Gasteiger partial charge in [0.2, 0.25) is 0 Å². The number of nitro groups is 1. The lowest BCUT2D eigenvalue weighted by Gasteiger charge is -2.08. The molecule has 0 aliphatic carbocycles. The summed E-state index contributed by atoms with van der Waals surface area (Å²) in [4.78, 5) is 51.6. The molecule has 3 rings (SSSR count). The number of carbonyl (C=O) groups excluding carboxylic acids is 3. The smallest absolute Gasteiger partial charge is 0.338 e. The SMILES string of the molecule is CNC(=O)c1cccc(NC(=O)COC(=O)c2ccc(Sc3nc(C)cs3)c([N+](=O)[O-])c2)c1. The molecule has 2 aromatic carbocycles. The molecule has 0 radical (unpaired) electrons. The maximum absolute atomic E-state index is 12.3. The van der Waals surface area contributed by atoms with Gasteiger partial charge < -0.3 is 15.4 Å². The van der Waals surface area contributed by atoms with Gasteiger partial charge in [-0.3, -0.25) is 19.7 Å². The van der Waals surface area contributed by atoms with Crippen molar-refractivity contribution in [3.63, 3.8) is 0 Å². The summed E-state index contributed by atoms with van der Waals surface area (Å²) in [7, 11) is 1.49. The monoisotopic (exact) mass is 486 g/mol. The maximum atomic E-state index is 12.3. The van der Waals surface area contributed by atoms with E-state index in [1.54, 1.807) is 18.2 Å². The largest absolute Gasteiger partial charge is 0.452 e. The van der Waals surface area contributed by atoms with E-state index in [1.807, 2.05) is 12.3 Å². The zero-order chi connectivity index (χ0) is 24.0. The Labute approximate surface area is 196 Å². The fourth-order valence-electron chi connectivity index (χ4n) is 2.64. The van der Waals surface area contributed by atoms with Gasteiger partial charge in [-0.15, -0.1) is 11.3 Å². The Morgan fingerprint density at radius 3 is 2.64 bits per heavy atom. The van der Waals surface area contributed by atoms with Crippen LogP contribution in [0, 0.1) is 17.0 Å². The zero-order valence-electron chi connectivity index (χ0n) is 17.5. The average molecular weight is 487 g/mol. The van der Waals surface area contributed by atoms with Crippen molar-refractivity contribution in [1.29, 1.82) is 0 Å². The number of hydrogen-bond acceptors (Lipinski definition) is 9. The summed E-state index contributed by atoms with van der Waals surface area (Å²) in [5.74, 6) is -1.82. The molecule has 2 amide bonds. The Bertz CT molecular complexity index is 1230. The van der Waals surface area contributed by atoms with E-state index in [-0.39, 0.29) is 17.2 Å². The van der Waals surface area contributed by atoms with Crippen molar-refractivity contribution >= 4 is 52.3 Å². The molecule has 0 fully saturated rings. The highest BCUT2D eigenvalue weighted by Crippen LogP contribution is 2.36. The molecule has 1 heterocycles. The molecule has 3 aromatic rings. The highest BCUT2D eigenvalue weighted by atomic mass is 32.2. The molecule has 0 saturated carbocycles. The fourth-order valence-corrected chi connectivity index (χ4v) is 4.52. The quantitative estimate of drug-likeness (QED) is 0.279. The number of carbonyl (C=O) groups is 3. The summed E-state index contributed by atoms with van der Waals surface area (Å²) in [5.41, 5.74) is 1.19. The number of thiazole rings is 1. The molecule has 1 aromatic heterocycles. The van der Waals surface area contributed by atoms with Crippen molar-refractivity contribution in [2.75, 3.05) is 19.0 Å². The normalized spacial score (nSPS) is 10.4. The molecule has 12 heteroatoms. The lowest BCUT2D eigenvalue weighted by atomic mass is 10.2. The third kappa shape index (κ3) is 6.37. The van der Waals surface area contributed by atoms with Gasteiger partial charge in [-0.1, -0.05) is 17.8 Å². The van der Waals surface area contributed by atoms with Gasteiger partial charge in [0.15, 0.2) is 10.9 Å². The van der Waals surface area contributed by atoms with Gasteiger partial charge in [0.05, 0.1) is 15.4 Å². The first kappa shape index (κ1) is 23.9. The van der Waals surface area contributed by atoms with Crippen LogP contribution in [0.5, 0.6) is 0 Å². The molecule has 0 aliphatic heterocycles. The van der Waals surface area contributed by atoms with Crippen LogP contribution in [0.3, 0.4) is 0 Å². The number of nitro benzene ring substituents is 1. The predicted octanol–water partition coefficient (Wildman–Crippen LogP) is 3.67. The first-order valence-corrected chi connectivity index (χ1v) is 11.1. The van der Waals surface area contributed by atoms with Crippen LogP contribution in [0.25, 0.3) is 0 Å². The Balaban J connectivity index is 1.64. The average Bonchev–Trinajstić information content (AvgIpc) is 3.21. The number of amides is 2. The van der Waals surface area contributed by atoms with E-state index in [4.69, 9.17) is 4.74 Å². The third-order valence-corrected chi connectivity index (χ3v) is 6.28. The van der Waals surface area contributed by atoms with Crippen molar-refractivity contribution < 1.29 is 24.0 Å². The van der Waals surface area contributed by atoms with E-state index in [1.165, 1.54) is 36.6 Å². The Morgan fingerprint density at radius 2 is 1.97 bits per heavy atom. The van der Waals surface area contributed by atoms with E-state index in [9.17, 15) is 24.5 Å². The van der Waals surface area contributed by atoms with Crippen LogP contribution < -0.4 is 10.6 Å². The van der Waals surface area contributed by atoms with Gasteiger partial charge in [0.1, 0.15) is 0 Å². The van der Waals surface area contributed by atoms with Gasteiger partial charge in [-0.05, 0) is 37.3 Å². The van der Waals surface area contributed by atoms with E-state index < -0.39 is 23.4 Å². The minimum Gasteiger partial charge on any atom is -0.452 e. The molecule has 10 nitrogen and oxygen atoms in total. The van der Waals surface area contributed by atoms with Gasteiger partial charge in [0, 0.05) is 35.4 Å². The summed E-state index contributed by atoms with van der Waals surface area (Å²) >= 11 is 2.49. The number of hydrogen-bond donors (Lipinski definition) is 2. The van der Waals surface area contributed by atoms with Crippen LogP contribution >= 0.6 is 23.1 Å². The molecule has 0 atom stereocenters. The van der Waals surface area contributed by atoms with Crippen molar-refractivity contribution in [3.05, 3.63) is 74.8 Å². The first-order valence-electron chi connectivity index (χ1n) is 9.44. The Morgan fingerprint density at radius 1 is 1.18 bits per heavy atom. The highest BCUT2D eigenvalue weighted by Gasteiger charge is 2.21. The molecule has 2 N–H and O–H groups in total. The van der Waals surface area contributed by atoms with E-state index in [2.05, 4.69) is 15.6 Å². The molecule has 0 bridgehead atoms. The number of esters is 1. The van der Waals surface area contributed by atoms with E-state index in [0.717, 1.165) is 23.5 Å². The van der Waals surface area contributed by atoms with Gasteiger partial charge >= 0.3 is 5.97 Å². The zero-order valence-corrected chi connectivity index (χ0v) is 19.1. The van der Waals surface area contributed by atoms with Crippen LogP contribution in [0.4, 0.5) is 11.4 Å². The molecule has 0 spiro atoms. The minimum atomic E-state index is -0.881. The molecule has 33 heavy (non-hydrogen) atoms. The predicted molar refractivity (Wildman–Crippen MR) is 123 cm³/mol. The van der Waals surface area contributed by atoms with Gasteiger partial charge in [0.25, 0.3) is 17.5 Å². The van der Waals surface area contributed by atoms with E-state index >= 15 is 0 Å². The van der Waals surface area contributed by atoms with Crippen molar-refractivity contribution in [1.82, 2.24) is 10.3 Å². The Kier molecular flexibility index (Phi) is 7.74. The maximum Gasteiger partial charge on any atom is 0.338 e. The van der Waals surface area contributed by atoms with E-state index in [0.29, 0.717) is 20.5 Å². The van der Waals surface area contributed by atoms with Gasteiger partial charge in [-0.25, -0.2) is 9.78 Å². The molecule has 0 unspecified atom stereocenters. The molecule has 0 aliphatic rings. The highest BCUT2D eigenvalue weighted by molar-refractivity contribution is 8.01. The first-order chi connectivity index (χ1) is 15.8. The second-order valence-corrected chi connectivity index (χ2v) is 8.73. The minimum absolute atomic E-state index is 0.0595. The van der Waals surface area contributed by atoms with Gasteiger partial charge in [-0.2, -0.15) is 0 Å². The molecule has 170 valence electrons. The number of nitrogens with one attached hydrogen (secondary N) is 2. The van der Waals surface area contributed by atoms with Crippen molar-refractivity contribution in [2.45, 2.75) is 16.2 Å². The molecular formula is C21H18N4O6S2. The number of ether oxygens (including phenoxy) is 1. The number of aromatic nitrogens is 1. The fraction of sp³-hybridized carbons (Fsp3) is 0.143. The van der Waals surface area contributed by atoms with Crippen LogP contribution in [-0.4, -0.2) is 41.3 Å². The second kappa shape index (κ2) is 10.7. The standard InChI is InChI=1S/C21H18N4O6S2/c1-12-11-32-21(23-12)33-17-7-6-14(9-16(17)25(29)30)20(28)31-10-18(26)24-15-5-3-4-13(8-15)19(27)22-2/h3-9,11H,10H2,1-2H3,(H,22,27)(H,24,26). The molecule has 0 saturated heterocycles. The topological polar surface area (TPSA) is 141 Å². The molecular weight excluding hydrogens is 468 g/mol. The number of aryl methyl sites for hydroxylation is 1. The lowest BCUT2D eigenvalue weighted by molar-refractivity contribution is -0.387. The van der Waals surface area contributed by atoms with Crippen LogP contribution in [0.15, 0.2) is 57.1 Å². The summed E-state index contributed by atoms with van der Waals surface area (Å²) in [6.45, 7) is 1.22. The lowest BCUT2D eigenvalue weighted by Crippen LogP contribution is -2.22. The second-order valence-electron chi connectivity index (χ2n) is 6.58. The number of anilines is 1. The van der Waals surface area contributed by atoms with Crippen LogP contribution in [0.2, 0.25) is 0 Å². The number of nitrogens with zero attached hydrogens (tertiary/aromatic N) is 2. The summed E-state index contributed by atoms with van der Waals surface area (Å²) in [5, 5.41) is 18.3. The van der Waals surface area contributed by atoms with Crippen molar-refractivity contribution in [2.24, 2.45) is 0 Å². The van der Waals surface area contributed by atoms with Crippen LogP contribution in [0.1, 0.15) is 26.4 Å².